The summed E-state index contributed by atoms with van der Waals surface area (Å²) in [6.45, 7) is 0.603. The van der Waals surface area contributed by atoms with Gasteiger partial charge in [0, 0.05) is 13.6 Å². The summed E-state index contributed by atoms with van der Waals surface area (Å²) in [6, 6.07) is 17.9. The summed E-state index contributed by atoms with van der Waals surface area (Å²) >= 11 is 0. The van der Waals surface area contributed by atoms with Crippen LogP contribution in [-0.4, -0.2) is 25.1 Å². The van der Waals surface area contributed by atoms with Crippen LogP contribution >= 0.6 is 0 Å². The van der Waals surface area contributed by atoms with Gasteiger partial charge in [0.05, 0.1) is 12.6 Å². The summed E-state index contributed by atoms with van der Waals surface area (Å²) in [6.07, 6.45) is 1.95. The van der Waals surface area contributed by atoms with Crippen molar-refractivity contribution in [1.82, 2.24) is 10.2 Å². The van der Waals surface area contributed by atoms with Gasteiger partial charge in [-0.05, 0) is 36.1 Å². The molecule has 0 unspecified atom stereocenters. The highest BCUT2D eigenvalue weighted by atomic mass is 16.5. The number of urea groups is 1. The second kappa shape index (κ2) is 6.32. The molecule has 1 saturated carbocycles. The van der Waals surface area contributed by atoms with Crippen LogP contribution in [0.15, 0.2) is 54.6 Å². The Labute approximate surface area is 137 Å². The van der Waals surface area contributed by atoms with Crippen LogP contribution in [0.4, 0.5) is 4.79 Å². The van der Waals surface area contributed by atoms with E-state index in [-0.39, 0.29) is 11.6 Å². The number of nitrogens with one attached hydrogen (secondary N) is 1. The molecule has 1 fully saturated rings. The van der Waals surface area contributed by atoms with Gasteiger partial charge in [-0.2, -0.15) is 0 Å². The molecule has 0 heterocycles. The average Bonchev–Trinajstić information content (AvgIpc) is 3.36. The Kier molecular flexibility index (Phi) is 4.24. The minimum Gasteiger partial charge on any atom is -0.497 e. The molecule has 0 aliphatic heterocycles. The van der Waals surface area contributed by atoms with E-state index in [4.69, 9.17) is 4.74 Å². The van der Waals surface area contributed by atoms with E-state index in [2.05, 4.69) is 5.32 Å². The molecular formula is C19H22N2O2. The molecule has 0 atom stereocenters. The van der Waals surface area contributed by atoms with Gasteiger partial charge in [-0.25, -0.2) is 4.79 Å². The number of hydrogen-bond donors (Lipinski definition) is 1. The van der Waals surface area contributed by atoms with Gasteiger partial charge < -0.3 is 15.0 Å². The smallest absolute Gasteiger partial charge is 0.318 e. The van der Waals surface area contributed by atoms with E-state index in [1.54, 1.807) is 12.0 Å². The van der Waals surface area contributed by atoms with Crippen LogP contribution in [0.3, 0.4) is 0 Å². The van der Waals surface area contributed by atoms with Crippen LogP contribution in [0, 0.1) is 0 Å². The number of carbonyl (C=O) groups excluding carboxylic acids is 1. The third-order valence-corrected chi connectivity index (χ3v) is 4.35. The number of hydrogen-bond acceptors (Lipinski definition) is 2. The van der Waals surface area contributed by atoms with Gasteiger partial charge in [0.15, 0.2) is 0 Å². The van der Waals surface area contributed by atoms with Crippen LogP contribution in [0.5, 0.6) is 5.75 Å². The molecule has 3 rings (SSSR count). The number of rotatable bonds is 5. The Balaban J connectivity index is 1.64. The molecule has 0 spiro atoms. The Bertz CT molecular complexity index is 664. The Morgan fingerprint density at radius 2 is 1.78 bits per heavy atom. The van der Waals surface area contributed by atoms with Crippen molar-refractivity contribution in [2.24, 2.45) is 0 Å². The maximum absolute atomic E-state index is 12.5. The van der Waals surface area contributed by atoms with Crippen molar-refractivity contribution in [2.75, 3.05) is 14.2 Å². The van der Waals surface area contributed by atoms with Gasteiger partial charge in [-0.1, -0.05) is 42.5 Å². The Hall–Kier alpha value is -2.49. The van der Waals surface area contributed by atoms with E-state index in [0.29, 0.717) is 6.54 Å². The van der Waals surface area contributed by atoms with E-state index in [1.807, 2.05) is 61.6 Å². The summed E-state index contributed by atoms with van der Waals surface area (Å²) in [7, 11) is 3.48. The zero-order chi connectivity index (χ0) is 16.3. The second-order valence-electron chi connectivity index (χ2n) is 6.08. The molecule has 4 nitrogen and oxygen atoms in total. The van der Waals surface area contributed by atoms with Gasteiger partial charge in [0.25, 0.3) is 0 Å². The molecule has 1 aliphatic carbocycles. The summed E-state index contributed by atoms with van der Waals surface area (Å²) in [4.78, 5) is 14.2. The molecule has 120 valence electrons. The summed E-state index contributed by atoms with van der Waals surface area (Å²) in [5.41, 5.74) is 2.05. The highest BCUT2D eigenvalue weighted by molar-refractivity contribution is 5.75. The van der Waals surface area contributed by atoms with Crippen LogP contribution in [-0.2, 0) is 12.1 Å². The van der Waals surface area contributed by atoms with Gasteiger partial charge in [0.1, 0.15) is 5.75 Å². The Morgan fingerprint density at radius 1 is 1.13 bits per heavy atom. The third kappa shape index (κ3) is 3.47. The predicted molar refractivity (Wildman–Crippen MR) is 90.3 cm³/mol. The highest BCUT2D eigenvalue weighted by Crippen LogP contribution is 2.45. The van der Waals surface area contributed by atoms with Crippen molar-refractivity contribution >= 4 is 6.03 Å². The lowest BCUT2D eigenvalue weighted by Crippen LogP contribution is -2.42. The molecule has 0 aromatic heterocycles. The fourth-order valence-corrected chi connectivity index (χ4v) is 2.75. The van der Waals surface area contributed by atoms with E-state index >= 15 is 0 Å². The molecule has 1 N–H and O–H groups in total. The van der Waals surface area contributed by atoms with Gasteiger partial charge in [-0.3, -0.25) is 0 Å². The third-order valence-electron chi connectivity index (χ3n) is 4.35. The van der Waals surface area contributed by atoms with Crippen LogP contribution < -0.4 is 10.1 Å². The van der Waals surface area contributed by atoms with E-state index < -0.39 is 0 Å². The number of ether oxygens (including phenoxy) is 1. The molecule has 2 aromatic rings. The second-order valence-corrected chi connectivity index (χ2v) is 6.08. The van der Waals surface area contributed by atoms with Crippen LogP contribution in [0.2, 0.25) is 0 Å². The summed E-state index contributed by atoms with van der Waals surface area (Å²) in [5, 5.41) is 3.19. The van der Waals surface area contributed by atoms with Crippen LogP contribution in [0.25, 0.3) is 0 Å². The lowest BCUT2D eigenvalue weighted by molar-refractivity contribution is 0.201. The minimum absolute atomic E-state index is 0.0397. The topological polar surface area (TPSA) is 41.6 Å². The van der Waals surface area contributed by atoms with Crippen molar-refractivity contribution in [1.29, 1.82) is 0 Å². The van der Waals surface area contributed by atoms with Crippen molar-refractivity contribution in [2.45, 2.75) is 24.9 Å². The number of amides is 2. The molecule has 1 aliphatic rings. The number of carbonyl (C=O) groups is 1. The number of nitrogens with zero attached hydrogens (tertiary/aromatic N) is 1. The lowest BCUT2D eigenvalue weighted by atomic mass is 10.0. The number of methoxy groups -OCH3 is 1. The molecule has 4 heteroatoms. The Morgan fingerprint density at radius 3 is 2.35 bits per heavy atom. The predicted octanol–water partition coefficient (Wildman–Crippen LogP) is 3.53. The van der Waals surface area contributed by atoms with E-state index in [1.165, 1.54) is 0 Å². The quantitative estimate of drug-likeness (QED) is 0.918. The largest absolute Gasteiger partial charge is 0.497 e. The normalized spacial score (nSPS) is 14.9. The van der Waals surface area contributed by atoms with E-state index in [0.717, 1.165) is 29.7 Å². The van der Waals surface area contributed by atoms with Crippen molar-refractivity contribution in [3.8, 4) is 5.75 Å². The maximum atomic E-state index is 12.5. The molecular weight excluding hydrogens is 288 g/mol. The molecule has 2 aromatic carbocycles. The molecule has 2 amide bonds. The fraction of sp³-hybridized carbons (Fsp3) is 0.316. The van der Waals surface area contributed by atoms with Crippen LogP contribution in [0.1, 0.15) is 24.0 Å². The highest BCUT2D eigenvalue weighted by Gasteiger charge is 2.46. The average molecular weight is 310 g/mol. The molecule has 0 saturated heterocycles. The van der Waals surface area contributed by atoms with Crippen molar-refractivity contribution in [3.63, 3.8) is 0 Å². The van der Waals surface area contributed by atoms with Gasteiger partial charge in [-0.15, -0.1) is 0 Å². The molecule has 0 bridgehead atoms. The molecule has 23 heavy (non-hydrogen) atoms. The summed E-state index contributed by atoms with van der Waals surface area (Å²) in [5.74, 6) is 0.831. The minimum atomic E-state index is -0.214. The zero-order valence-electron chi connectivity index (χ0n) is 13.6. The maximum Gasteiger partial charge on any atom is 0.318 e. The van der Waals surface area contributed by atoms with Gasteiger partial charge >= 0.3 is 6.03 Å². The summed E-state index contributed by atoms with van der Waals surface area (Å²) < 4.78 is 5.19. The first-order valence-electron chi connectivity index (χ1n) is 7.85. The number of benzene rings is 2. The van der Waals surface area contributed by atoms with Crippen molar-refractivity contribution < 1.29 is 9.53 Å². The zero-order valence-corrected chi connectivity index (χ0v) is 13.6. The fourth-order valence-electron chi connectivity index (χ4n) is 2.75. The standard InChI is InChI=1S/C19H22N2O2/c1-21(14-15-6-4-3-5-7-15)18(22)20-19(12-13-19)16-8-10-17(23-2)11-9-16/h3-11H,12-14H2,1-2H3,(H,20,22). The van der Waals surface area contributed by atoms with E-state index in [9.17, 15) is 4.79 Å². The van der Waals surface area contributed by atoms with Gasteiger partial charge in [0.2, 0.25) is 0 Å². The lowest BCUT2D eigenvalue weighted by Gasteiger charge is -2.24. The SMILES string of the molecule is COc1ccc(C2(NC(=O)N(C)Cc3ccccc3)CC2)cc1. The first kappa shape index (κ1) is 15.4. The monoisotopic (exact) mass is 310 g/mol. The molecule has 0 radical (unpaired) electrons. The first-order chi connectivity index (χ1) is 11.1. The first-order valence-corrected chi connectivity index (χ1v) is 7.85. The van der Waals surface area contributed by atoms with Crippen molar-refractivity contribution in [3.05, 3.63) is 65.7 Å².